The summed E-state index contributed by atoms with van der Waals surface area (Å²) in [7, 11) is -4.07. The van der Waals surface area contributed by atoms with Crippen LogP contribution in [0.5, 0.6) is 0 Å². The molecule has 0 saturated heterocycles. The maximum Gasteiger partial charge on any atom is 0.189 e. The molecule has 3 rings (SSSR count). The lowest BCUT2D eigenvalue weighted by atomic mass is 10.0. The Hall–Kier alpha value is -2.57. The van der Waals surface area contributed by atoms with Crippen molar-refractivity contribution >= 4 is 37.3 Å². The molecular weight excluding hydrogens is 464 g/mol. The number of sulfone groups is 1. The fourth-order valence-corrected chi connectivity index (χ4v) is 4.96. The lowest BCUT2D eigenvalue weighted by molar-refractivity contribution is 0.0920. The van der Waals surface area contributed by atoms with E-state index in [9.17, 15) is 18.0 Å². The lowest BCUT2D eigenvalue weighted by Crippen LogP contribution is -2.33. The van der Waals surface area contributed by atoms with Crippen molar-refractivity contribution in [3.8, 4) is 0 Å². The molecule has 1 atom stereocenters. The van der Waals surface area contributed by atoms with E-state index >= 15 is 0 Å². The minimum Gasteiger partial charge on any atom is -0.294 e. The van der Waals surface area contributed by atoms with E-state index in [4.69, 9.17) is 0 Å². The van der Waals surface area contributed by atoms with E-state index in [1.54, 1.807) is 60.7 Å². The number of halogens is 1. The van der Waals surface area contributed by atoms with Crippen LogP contribution < -0.4 is 0 Å². The normalized spacial score (nSPS) is 12.4. The summed E-state index contributed by atoms with van der Waals surface area (Å²) >= 11 is 3.31. The molecule has 0 saturated carbocycles. The summed E-state index contributed by atoms with van der Waals surface area (Å²) in [6, 6.07) is 19.6. The van der Waals surface area contributed by atoms with E-state index in [-0.39, 0.29) is 16.2 Å². The van der Waals surface area contributed by atoms with Crippen LogP contribution in [-0.2, 0) is 9.84 Å². The van der Waals surface area contributed by atoms with Gasteiger partial charge in [0.05, 0.1) is 4.90 Å². The van der Waals surface area contributed by atoms with Gasteiger partial charge in [0.15, 0.2) is 21.4 Å². The lowest BCUT2D eigenvalue weighted by Gasteiger charge is -2.17. The van der Waals surface area contributed by atoms with Gasteiger partial charge in [0.25, 0.3) is 0 Å². The molecule has 3 aromatic carbocycles. The fraction of sp³-hybridized carbons (Fsp3) is 0.167. The summed E-state index contributed by atoms with van der Waals surface area (Å²) in [4.78, 5) is 26.1. The van der Waals surface area contributed by atoms with Crippen LogP contribution in [0.4, 0.5) is 0 Å². The Morgan fingerprint density at radius 1 is 0.767 bits per heavy atom. The molecule has 0 heterocycles. The molecule has 0 N–H and O–H groups in total. The predicted molar refractivity (Wildman–Crippen MR) is 121 cm³/mol. The highest BCUT2D eigenvalue weighted by molar-refractivity contribution is 9.10. The molecule has 30 heavy (non-hydrogen) atoms. The highest BCUT2D eigenvalue weighted by atomic mass is 79.9. The number of hydrogen-bond acceptors (Lipinski definition) is 4. The zero-order valence-electron chi connectivity index (χ0n) is 16.6. The molecule has 3 aromatic rings. The second-order valence-electron chi connectivity index (χ2n) is 7.21. The Labute approximate surface area is 185 Å². The van der Waals surface area contributed by atoms with Gasteiger partial charge < -0.3 is 0 Å². The van der Waals surface area contributed by atoms with Gasteiger partial charge in [0.1, 0.15) is 5.25 Å². The van der Waals surface area contributed by atoms with E-state index in [1.165, 1.54) is 12.1 Å². The topological polar surface area (TPSA) is 68.3 Å². The third-order valence-electron chi connectivity index (χ3n) is 4.89. The number of Topliss-reactive ketones (excluding diaryl/α,β-unsaturated/α-hetero) is 2. The Morgan fingerprint density at radius 3 is 1.77 bits per heavy atom. The van der Waals surface area contributed by atoms with Gasteiger partial charge in [-0.25, -0.2) is 8.42 Å². The van der Waals surface area contributed by atoms with Crippen LogP contribution in [0.25, 0.3) is 0 Å². The molecule has 0 aliphatic heterocycles. The fourth-order valence-electron chi connectivity index (χ4n) is 3.06. The molecule has 0 aromatic heterocycles. The Kier molecular flexibility index (Phi) is 6.68. The first-order chi connectivity index (χ1) is 14.2. The van der Waals surface area contributed by atoms with E-state index < -0.39 is 27.3 Å². The molecule has 0 amide bonds. The van der Waals surface area contributed by atoms with Crippen molar-refractivity contribution in [1.29, 1.82) is 0 Å². The molecular formula is C24H21BrO4S. The van der Waals surface area contributed by atoms with Crippen molar-refractivity contribution in [1.82, 2.24) is 0 Å². The van der Waals surface area contributed by atoms with E-state index in [0.29, 0.717) is 5.56 Å². The second kappa shape index (κ2) is 9.06. The van der Waals surface area contributed by atoms with Gasteiger partial charge in [-0.15, -0.1) is 0 Å². The second-order valence-corrected chi connectivity index (χ2v) is 10.3. The SMILES string of the molecule is Cc1ccc(C(=O)C[C@@H](C(=O)c2ccc(Br)cc2)S(=O)(=O)c2ccc(C)cc2)cc1. The molecule has 0 aliphatic carbocycles. The maximum absolute atomic E-state index is 13.4. The third-order valence-corrected chi connectivity index (χ3v) is 7.48. The third kappa shape index (κ3) is 4.94. The predicted octanol–water partition coefficient (Wildman–Crippen LogP) is 5.36. The van der Waals surface area contributed by atoms with E-state index in [1.807, 2.05) is 13.8 Å². The number of carbonyl (C=O) groups is 2. The van der Waals surface area contributed by atoms with Crippen LogP contribution in [0.15, 0.2) is 82.2 Å². The minimum atomic E-state index is -4.07. The smallest absolute Gasteiger partial charge is 0.189 e. The van der Waals surface area contributed by atoms with Crippen LogP contribution in [0.3, 0.4) is 0 Å². The van der Waals surface area contributed by atoms with Crippen molar-refractivity contribution in [2.75, 3.05) is 0 Å². The molecule has 0 spiro atoms. The quantitative estimate of drug-likeness (QED) is 0.423. The average Bonchev–Trinajstić information content (AvgIpc) is 2.72. The van der Waals surface area contributed by atoms with Crippen LogP contribution in [0, 0.1) is 13.8 Å². The van der Waals surface area contributed by atoms with Crippen LogP contribution in [-0.4, -0.2) is 25.2 Å². The van der Waals surface area contributed by atoms with Gasteiger partial charge in [-0.2, -0.15) is 0 Å². The molecule has 6 heteroatoms. The highest BCUT2D eigenvalue weighted by Crippen LogP contribution is 2.25. The monoisotopic (exact) mass is 484 g/mol. The summed E-state index contributed by atoms with van der Waals surface area (Å²) in [5, 5.41) is -1.50. The van der Waals surface area contributed by atoms with Crippen LogP contribution in [0.2, 0.25) is 0 Å². The van der Waals surface area contributed by atoms with Crippen molar-refractivity contribution in [3.05, 3.63) is 99.5 Å². The molecule has 0 aliphatic rings. The first-order valence-corrected chi connectivity index (χ1v) is 11.7. The molecule has 0 fully saturated rings. The van der Waals surface area contributed by atoms with Crippen molar-refractivity contribution in [2.45, 2.75) is 30.4 Å². The van der Waals surface area contributed by atoms with Crippen molar-refractivity contribution < 1.29 is 18.0 Å². The molecule has 154 valence electrons. The summed E-state index contributed by atoms with van der Waals surface area (Å²) in [6.07, 6.45) is -0.422. The molecule has 4 nitrogen and oxygen atoms in total. The van der Waals surface area contributed by atoms with Crippen molar-refractivity contribution in [3.63, 3.8) is 0 Å². The van der Waals surface area contributed by atoms with E-state index in [2.05, 4.69) is 15.9 Å². The number of benzene rings is 3. The number of hydrogen-bond donors (Lipinski definition) is 0. The van der Waals surface area contributed by atoms with Crippen LogP contribution in [0.1, 0.15) is 38.3 Å². The number of ketones is 2. The Balaban J connectivity index is 2.02. The molecule has 0 radical (unpaired) electrons. The molecule has 0 unspecified atom stereocenters. The number of aryl methyl sites for hydroxylation is 2. The first-order valence-electron chi connectivity index (χ1n) is 9.38. The van der Waals surface area contributed by atoms with Gasteiger partial charge in [0.2, 0.25) is 0 Å². The summed E-state index contributed by atoms with van der Waals surface area (Å²) in [6.45, 7) is 3.75. The van der Waals surface area contributed by atoms with Gasteiger partial charge >= 0.3 is 0 Å². The van der Waals surface area contributed by atoms with Gasteiger partial charge in [0, 0.05) is 22.0 Å². The summed E-state index contributed by atoms with van der Waals surface area (Å²) < 4.78 is 27.5. The van der Waals surface area contributed by atoms with E-state index in [0.717, 1.165) is 15.6 Å². The standard InChI is InChI=1S/C24H21BrO4S/c1-16-3-7-18(8-4-16)22(26)15-23(24(27)19-9-11-20(25)12-10-19)30(28,29)21-13-5-17(2)6-14-21/h3-14,23H,15H2,1-2H3/t23-/m0/s1. The van der Waals surface area contributed by atoms with Gasteiger partial charge in [-0.3, -0.25) is 9.59 Å². The minimum absolute atomic E-state index is 0.0280. The van der Waals surface area contributed by atoms with Gasteiger partial charge in [-0.05, 0) is 38.1 Å². The largest absolute Gasteiger partial charge is 0.294 e. The zero-order chi connectivity index (χ0) is 21.9. The Bertz CT molecular complexity index is 1160. The average molecular weight is 485 g/mol. The Morgan fingerprint density at radius 2 is 1.23 bits per heavy atom. The first kappa shape index (κ1) is 22.1. The van der Waals surface area contributed by atoms with Crippen molar-refractivity contribution in [2.24, 2.45) is 0 Å². The maximum atomic E-state index is 13.4. The van der Waals surface area contributed by atoms with Crippen LogP contribution >= 0.6 is 15.9 Å². The summed E-state index contributed by atoms with van der Waals surface area (Å²) in [5.74, 6) is -0.982. The zero-order valence-corrected chi connectivity index (χ0v) is 19.0. The molecule has 0 bridgehead atoms. The number of carbonyl (C=O) groups excluding carboxylic acids is 2. The van der Waals surface area contributed by atoms with Gasteiger partial charge in [-0.1, -0.05) is 75.6 Å². The number of rotatable bonds is 7. The summed E-state index contributed by atoms with van der Waals surface area (Å²) in [5.41, 5.74) is 2.52. The highest BCUT2D eigenvalue weighted by Gasteiger charge is 2.36.